The topological polar surface area (TPSA) is 51.1 Å². The average molecular weight is 352 g/mol. The van der Waals surface area contributed by atoms with E-state index in [2.05, 4.69) is 5.10 Å². The number of hydrogen-bond donors (Lipinski definition) is 0. The van der Waals surface area contributed by atoms with Crippen LogP contribution in [0.5, 0.6) is 5.75 Å². The Morgan fingerprint density at radius 1 is 1.08 bits per heavy atom. The maximum Gasteiger partial charge on any atom is 0.431 e. The molecule has 0 fully saturated rings. The van der Waals surface area contributed by atoms with Gasteiger partial charge in [-0.25, -0.2) is 4.79 Å². The second-order valence-corrected chi connectivity index (χ2v) is 7.20. The van der Waals surface area contributed by atoms with E-state index >= 15 is 0 Å². The summed E-state index contributed by atoms with van der Waals surface area (Å²) in [7, 11) is 1.63. The van der Waals surface area contributed by atoms with E-state index in [9.17, 15) is 4.79 Å². The van der Waals surface area contributed by atoms with Crippen LogP contribution in [0.25, 0.3) is 0 Å². The Balaban J connectivity index is 1.98. The molecule has 1 amide bonds. The van der Waals surface area contributed by atoms with Gasteiger partial charge >= 0.3 is 6.09 Å². The number of hydrogen-bond acceptors (Lipinski definition) is 4. The third-order valence-corrected chi connectivity index (χ3v) is 4.09. The van der Waals surface area contributed by atoms with E-state index < -0.39 is 11.7 Å². The summed E-state index contributed by atoms with van der Waals surface area (Å²) in [5.74, 6) is 0.740. The van der Waals surface area contributed by atoms with Gasteiger partial charge in [-0.15, -0.1) is 0 Å². The largest absolute Gasteiger partial charge is 0.496 e. The van der Waals surface area contributed by atoms with Crippen LogP contribution in [0.4, 0.5) is 4.79 Å². The Hall–Kier alpha value is -2.82. The molecule has 1 heterocycles. The number of amides is 1. The summed E-state index contributed by atoms with van der Waals surface area (Å²) in [5.41, 5.74) is 2.14. The van der Waals surface area contributed by atoms with Crippen LogP contribution in [0.3, 0.4) is 0 Å². The van der Waals surface area contributed by atoms with Gasteiger partial charge in [0.15, 0.2) is 0 Å². The van der Waals surface area contributed by atoms with Crippen molar-refractivity contribution in [2.45, 2.75) is 38.8 Å². The van der Waals surface area contributed by atoms with Crippen LogP contribution in [0.15, 0.2) is 59.7 Å². The molecule has 0 saturated heterocycles. The molecule has 2 aromatic carbocycles. The van der Waals surface area contributed by atoms with Gasteiger partial charge in [0.1, 0.15) is 11.4 Å². The van der Waals surface area contributed by atoms with Gasteiger partial charge in [0.2, 0.25) is 0 Å². The Bertz CT molecular complexity index is 810. The summed E-state index contributed by atoms with van der Waals surface area (Å²) in [5, 5.41) is 6.05. The first-order valence-electron chi connectivity index (χ1n) is 8.67. The molecular formula is C21H24N2O3. The molecule has 0 aromatic heterocycles. The Morgan fingerprint density at radius 2 is 1.73 bits per heavy atom. The quantitative estimate of drug-likeness (QED) is 0.799. The minimum absolute atomic E-state index is 0.203. The SMILES string of the molecule is COc1ccccc1C1=NN(C(=O)OC(C)(C)C)[C@H](c2ccccc2)C1. The van der Waals surface area contributed by atoms with Crippen molar-refractivity contribution in [1.82, 2.24) is 5.01 Å². The van der Waals surface area contributed by atoms with E-state index in [0.29, 0.717) is 6.42 Å². The molecular weight excluding hydrogens is 328 g/mol. The molecule has 0 bridgehead atoms. The maximum absolute atomic E-state index is 12.7. The van der Waals surface area contributed by atoms with Gasteiger partial charge in [0.25, 0.3) is 0 Å². The maximum atomic E-state index is 12.7. The van der Waals surface area contributed by atoms with Gasteiger partial charge in [-0.3, -0.25) is 0 Å². The number of carbonyl (C=O) groups is 1. The molecule has 2 aromatic rings. The highest BCUT2D eigenvalue weighted by Crippen LogP contribution is 2.35. The zero-order valence-corrected chi connectivity index (χ0v) is 15.6. The highest BCUT2D eigenvalue weighted by atomic mass is 16.6. The van der Waals surface area contributed by atoms with E-state index in [1.165, 1.54) is 5.01 Å². The molecule has 26 heavy (non-hydrogen) atoms. The first-order valence-corrected chi connectivity index (χ1v) is 8.67. The van der Waals surface area contributed by atoms with Crippen LogP contribution < -0.4 is 4.74 Å². The highest BCUT2D eigenvalue weighted by molar-refractivity contribution is 6.05. The Kier molecular flexibility index (Phi) is 4.98. The van der Waals surface area contributed by atoms with Crippen LogP contribution in [0.1, 0.15) is 44.4 Å². The van der Waals surface area contributed by atoms with Gasteiger partial charge in [0.05, 0.1) is 18.9 Å². The second kappa shape index (κ2) is 7.20. The standard InChI is InChI=1S/C21H24N2O3/c1-21(2,3)26-20(24)23-18(15-10-6-5-7-11-15)14-17(22-23)16-12-8-9-13-19(16)25-4/h5-13,18H,14H2,1-4H3/t18-/m0/s1. The number of methoxy groups -OCH3 is 1. The number of benzene rings is 2. The number of carbonyl (C=O) groups excluding carboxylic acids is 1. The van der Waals surface area contributed by atoms with E-state index in [1.807, 2.05) is 75.4 Å². The summed E-state index contributed by atoms with van der Waals surface area (Å²) in [6.07, 6.45) is 0.153. The Morgan fingerprint density at radius 3 is 2.38 bits per heavy atom. The number of rotatable bonds is 3. The third kappa shape index (κ3) is 3.87. The number of para-hydroxylation sites is 1. The molecule has 1 atom stereocenters. The monoisotopic (exact) mass is 352 g/mol. The molecule has 1 aliphatic rings. The summed E-state index contributed by atoms with van der Waals surface area (Å²) in [6, 6.07) is 17.4. The fraction of sp³-hybridized carbons (Fsp3) is 0.333. The first-order chi connectivity index (χ1) is 12.4. The second-order valence-electron chi connectivity index (χ2n) is 7.20. The number of hydrazone groups is 1. The molecule has 0 spiro atoms. The van der Waals surface area contributed by atoms with Crippen LogP contribution >= 0.6 is 0 Å². The van der Waals surface area contributed by atoms with Crippen molar-refractivity contribution in [2.75, 3.05) is 7.11 Å². The van der Waals surface area contributed by atoms with Gasteiger partial charge < -0.3 is 9.47 Å². The van der Waals surface area contributed by atoms with Crippen molar-refractivity contribution in [1.29, 1.82) is 0 Å². The van der Waals surface area contributed by atoms with Crippen molar-refractivity contribution in [3.63, 3.8) is 0 Å². The molecule has 3 rings (SSSR count). The van der Waals surface area contributed by atoms with E-state index in [4.69, 9.17) is 9.47 Å². The minimum atomic E-state index is -0.582. The number of ether oxygens (including phenoxy) is 2. The summed E-state index contributed by atoms with van der Waals surface area (Å²) >= 11 is 0. The first kappa shape index (κ1) is 18.0. The summed E-state index contributed by atoms with van der Waals surface area (Å²) in [4.78, 5) is 12.7. The lowest BCUT2D eigenvalue weighted by Gasteiger charge is -2.26. The molecule has 1 aliphatic heterocycles. The molecule has 5 nitrogen and oxygen atoms in total. The lowest BCUT2D eigenvalue weighted by Crippen LogP contribution is -2.34. The van der Waals surface area contributed by atoms with Crippen molar-refractivity contribution >= 4 is 11.8 Å². The predicted octanol–water partition coefficient (Wildman–Crippen LogP) is 4.78. The summed E-state index contributed by atoms with van der Waals surface area (Å²) in [6.45, 7) is 5.55. The number of nitrogens with zero attached hydrogens (tertiary/aromatic N) is 2. The minimum Gasteiger partial charge on any atom is -0.496 e. The molecule has 0 aliphatic carbocycles. The molecule has 0 N–H and O–H groups in total. The zero-order chi connectivity index (χ0) is 18.7. The lowest BCUT2D eigenvalue weighted by molar-refractivity contribution is 0.0195. The zero-order valence-electron chi connectivity index (χ0n) is 15.6. The van der Waals surface area contributed by atoms with Gasteiger partial charge in [-0.05, 0) is 38.5 Å². The van der Waals surface area contributed by atoms with Crippen molar-refractivity contribution in [3.8, 4) is 5.75 Å². The van der Waals surface area contributed by atoms with Crippen molar-refractivity contribution in [3.05, 3.63) is 65.7 Å². The normalized spacial score (nSPS) is 17.0. The van der Waals surface area contributed by atoms with Crippen LogP contribution in [-0.4, -0.2) is 29.5 Å². The lowest BCUT2D eigenvalue weighted by atomic mass is 9.98. The van der Waals surface area contributed by atoms with E-state index in [1.54, 1.807) is 7.11 Å². The fourth-order valence-electron chi connectivity index (χ4n) is 2.97. The van der Waals surface area contributed by atoms with Crippen LogP contribution in [0, 0.1) is 0 Å². The molecule has 0 radical (unpaired) electrons. The fourth-order valence-corrected chi connectivity index (χ4v) is 2.97. The van der Waals surface area contributed by atoms with Gasteiger partial charge in [-0.2, -0.15) is 10.1 Å². The van der Waals surface area contributed by atoms with Gasteiger partial charge in [0, 0.05) is 12.0 Å². The van der Waals surface area contributed by atoms with Gasteiger partial charge in [-0.1, -0.05) is 42.5 Å². The molecule has 0 unspecified atom stereocenters. The highest BCUT2D eigenvalue weighted by Gasteiger charge is 2.36. The Labute approximate surface area is 154 Å². The van der Waals surface area contributed by atoms with E-state index in [-0.39, 0.29) is 6.04 Å². The molecule has 5 heteroatoms. The average Bonchev–Trinajstić information content (AvgIpc) is 3.06. The smallest absolute Gasteiger partial charge is 0.431 e. The van der Waals surface area contributed by atoms with Crippen LogP contribution in [0.2, 0.25) is 0 Å². The molecule has 136 valence electrons. The summed E-state index contributed by atoms with van der Waals surface area (Å²) < 4.78 is 11.0. The third-order valence-electron chi connectivity index (χ3n) is 4.09. The van der Waals surface area contributed by atoms with Crippen molar-refractivity contribution < 1.29 is 14.3 Å². The van der Waals surface area contributed by atoms with E-state index in [0.717, 1.165) is 22.6 Å². The molecule has 0 saturated carbocycles. The van der Waals surface area contributed by atoms with Crippen molar-refractivity contribution in [2.24, 2.45) is 5.10 Å². The van der Waals surface area contributed by atoms with Crippen LogP contribution in [-0.2, 0) is 4.74 Å². The predicted molar refractivity (Wildman–Crippen MR) is 101 cm³/mol.